The third-order valence-corrected chi connectivity index (χ3v) is 3.73. The first kappa shape index (κ1) is 14.0. The molecule has 2 heterocycles. The van der Waals surface area contributed by atoms with Crippen molar-refractivity contribution < 1.29 is 9.53 Å². The van der Waals surface area contributed by atoms with Crippen LogP contribution in [0.5, 0.6) is 0 Å². The molecule has 6 nitrogen and oxygen atoms in total. The summed E-state index contributed by atoms with van der Waals surface area (Å²) >= 11 is 0. The fraction of sp³-hybridized carbons (Fsp3) is 0.769. The first-order valence-electron chi connectivity index (χ1n) is 7.02. The minimum absolute atomic E-state index is 0.0255. The first-order chi connectivity index (χ1) is 9.22. The minimum atomic E-state index is -0.453. The number of H-pyrrole nitrogens is 1. The molecular formula is C13H22N4O2. The highest BCUT2D eigenvalue weighted by atomic mass is 16.5. The highest BCUT2D eigenvalue weighted by Gasteiger charge is 2.36. The van der Waals surface area contributed by atoms with Gasteiger partial charge in [0.2, 0.25) is 0 Å². The predicted molar refractivity (Wildman–Crippen MR) is 71.0 cm³/mol. The largest absolute Gasteiger partial charge is 0.460 e. The summed E-state index contributed by atoms with van der Waals surface area (Å²) < 4.78 is 4.93. The monoisotopic (exact) mass is 266 g/mol. The molecule has 0 atom stereocenters. The Balaban J connectivity index is 2.20. The van der Waals surface area contributed by atoms with Crippen molar-refractivity contribution in [3.8, 4) is 0 Å². The van der Waals surface area contributed by atoms with Gasteiger partial charge in [0, 0.05) is 5.41 Å². The van der Waals surface area contributed by atoms with Gasteiger partial charge in [-0.1, -0.05) is 13.3 Å². The number of nitrogens with one attached hydrogen (secondary N) is 2. The predicted octanol–water partition coefficient (Wildman–Crippen LogP) is 1.40. The Morgan fingerprint density at radius 3 is 2.74 bits per heavy atom. The van der Waals surface area contributed by atoms with E-state index in [0.717, 1.165) is 44.6 Å². The van der Waals surface area contributed by atoms with E-state index in [1.54, 1.807) is 6.92 Å². The second kappa shape index (κ2) is 6.14. The molecule has 0 bridgehead atoms. The summed E-state index contributed by atoms with van der Waals surface area (Å²) in [6.07, 6.45) is 4.21. The van der Waals surface area contributed by atoms with E-state index < -0.39 is 5.97 Å². The molecule has 1 aliphatic heterocycles. The Bertz CT molecular complexity index is 419. The van der Waals surface area contributed by atoms with E-state index in [1.165, 1.54) is 0 Å². The second-order valence-electron chi connectivity index (χ2n) is 5.01. The molecule has 106 valence electrons. The molecule has 0 aliphatic carbocycles. The van der Waals surface area contributed by atoms with Gasteiger partial charge in [-0.25, -0.2) is 9.78 Å². The van der Waals surface area contributed by atoms with Gasteiger partial charge >= 0.3 is 5.97 Å². The molecule has 1 aromatic heterocycles. The molecule has 2 N–H and O–H groups in total. The number of nitrogens with zero attached hydrogens (tertiary/aromatic N) is 2. The Hall–Kier alpha value is -1.43. The lowest BCUT2D eigenvalue weighted by Gasteiger charge is -2.35. The van der Waals surface area contributed by atoms with Gasteiger partial charge < -0.3 is 10.1 Å². The van der Waals surface area contributed by atoms with Gasteiger partial charge in [-0.15, -0.1) is 5.10 Å². The minimum Gasteiger partial charge on any atom is -0.460 e. The van der Waals surface area contributed by atoms with Gasteiger partial charge in [0.1, 0.15) is 5.82 Å². The molecule has 0 saturated carbocycles. The standard InChI is InChI=1S/C13H22N4O2/c1-3-5-13(6-8-14-9-7-13)12-15-10(16-17-12)11(18)19-4-2/h14H,3-9H2,1-2H3,(H,15,16,17). The van der Waals surface area contributed by atoms with Crippen LogP contribution in [0.2, 0.25) is 0 Å². The number of aromatic nitrogens is 3. The van der Waals surface area contributed by atoms with Crippen molar-refractivity contribution in [2.75, 3.05) is 19.7 Å². The van der Waals surface area contributed by atoms with E-state index in [9.17, 15) is 4.79 Å². The number of hydrogen-bond donors (Lipinski definition) is 2. The van der Waals surface area contributed by atoms with Crippen LogP contribution < -0.4 is 5.32 Å². The van der Waals surface area contributed by atoms with Gasteiger partial charge in [0.15, 0.2) is 0 Å². The first-order valence-corrected chi connectivity index (χ1v) is 7.02. The zero-order valence-corrected chi connectivity index (χ0v) is 11.7. The third kappa shape index (κ3) is 2.94. The van der Waals surface area contributed by atoms with Crippen LogP contribution in [0.1, 0.15) is 56.0 Å². The third-order valence-electron chi connectivity index (χ3n) is 3.73. The van der Waals surface area contributed by atoms with Crippen molar-refractivity contribution in [1.82, 2.24) is 20.5 Å². The molecule has 0 amide bonds. The number of aromatic amines is 1. The molecule has 1 aromatic rings. The lowest BCUT2D eigenvalue weighted by molar-refractivity contribution is 0.0512. The van der Waals surface area contributed by atoms with Gasteiger partial charge in [0.25, 0.3) is 5.82 Å². The molecule has 0 aromatic carbocycles. The molecule has 0 spiro atoms. The SMILES string of the molecule is CCCC1(c2nc(C(=O)OCC)n[nH]2)CCNCC1. The second-order valence-corrected chi connectivity index (χ2v) is 5.01. The van der Waals surface area contributed by atoms with Crippen molar-refractivity contribution in [2.24, 2.45) is 0 Å². The van der Waals surface area contributed by atoms with E-state index in [1.807, 2.05) is 0 Å². The van der Waals surface area contributed by atoms with Gasteiger partial charge in [-0.3, -0.25) is 5.10 Å². The van der Waals surface area contributed by atoms with E-state index in [4.69, 9.17) is 4.74 Å². The summed E-state index contributed by atoms with van der Waals surface area (Å²) in [5.41, 5.74) is 0.0255. The van der Waals surface area contributed by atoms with Gasteiger partial charge in [-0.05, 0) is 39.3 Å². The smallest absolute Gasteiger partial charge is 0.378 e. The molecule has 0 unspecified atom stereocenters. The lowest BCUT2D eigenvalue weighted by Crippen LogP contribution is -2.40. The fourth-order valence-electron chi connectivity index (χ4n) is 2.77. The summed E-state index contributed by atoms with van der Waals surface area (Å²) in [5.74, 6) is 0.523. The van der Waals surface area contributed by atoms with Crippen LogP contribution >= 0.6 is 0 Å². The van der Waals surface area contributed by atoms with Crippen LogP contribution in [-0.2, 0) is 10.2 Å². The molecule has 1 aliphatic rings. The highest BCUT2D eigenvalue weighted by molar-refractivity contribution is 5.84. The van der Waals surface area contributed by atoms with Crippen molar-refractivity contribution in [1.29, 1.82) is 0 Å². The highest BCUT2D eigenvalue weighted by Crippen LogP contribution is 2.35. The summed E-state index contributed by atoms with van der Waals surface area (Å²) in [6.45, 7) is 6.25. The zero-order valence-electron chi connectivity index (χ0n) is 11.7. The summed E-state index contributed by atoms with van der Waals surface area (Å²) in [4.78, 5) is 16.0. The number of carbonyl (C=O) groups excluding carboxylic acids is 1. The van der Waals surface area contributed by atoms with Gasteiger partial charge in [0.05, 0.1) is 6.61 Å². The molecule has 6 heteroatoms. The number of rotatable bonds is 5. The quantitative estimate of drug-likeness (QED) is 0.787. The number of hydrogen-bond acceptors (Lipinski definition) is 5. The van der Waals surface area contributed by atoms with E-state index in [2.05, 4.69) is 27.4 Å². The van der Waals surface area contributed by atoms with Gasteiger partial charge in [-0.2, -0.15) is 0 Å². The fourth-order valence-corrected chi connectivity index (χ4v) is 2.77. The Labute approximate surface area is 113 Å². The number of piperidine rings is 1. The zero-order chi connectivity index (χ0) is 13.7. The van der Waals surface area contributed by atoms with Crippen LogP contribution in [0, 0.1) is 0 Å². The maximum Gasteiger partial charge on any atom is 0.378 e. The average molecular weight is 266 g/mol. The van der Waals surface area contributed by atoms with Crippen LogP contribution in [-0.4, -0.2) is 40.8 Å². The summed E-state index contributed by atoms with van der Waals surface area (Å²) in [5, 5.41) is 10.3. The molecular weight excluding hydrogens is 244 g/mol. The van der Waals surface area contributed by atoms with Crippen molar-refractivity contribution >= 4 is 5.97 Å². The van der Waals surface area contributed by atoms with Crippen molar-refractivity contribution in [3.05, 3.63) is 11.6 Å². The normalized spacial score (nSPS) is 18.2. The Kier molecular flexibility index (Phi) is 4.52. The summed E-state index contributed by atoms with van der Waals surface area (Å²) in [7, 11) is 0. The van der Waals surface area contributed by atoms with Crippen molar-refractivity contribution in [3.63, 3.8) is 0 Å². The molecule has 1 saturated heterocycles. The van der Waals surface area contributed by atoms with E-state index in [0.29, 0.717) is 6.61 Å². The number of carbonyl (C=O) groups is 1. The van der Waals surface area contributed by atoms with Crippen LogP contribution in [0.3, 0.4) is 0 Å². The maximum absolute atomic E-state index is 11.6. The topological polar surface area (TPSA) is 79.9 Å². The molecule has 1 fully saturated rings. The average Bonchev–Trinajstić information content (AvgIpc) is 2.91. The lowest BCUT2D eigenvalue weighted by atomic mass is 9.75. The number of esters is 1. The van der Waals surface area contributed by atoms with Crippen LogP contribution in [0.15, 0.2) is 0 Å². The Morgan fingerprint density at radius 2 is 2.11 bits per heavy atom. The number of ether oxygens (including phenoxy) is 1. The van der Waals surface area contributed by atoms with Crippen molar-refractivity contribution in [2.45, 2.75) is 44.9 Å². The molecule has 19 heavy (non-hydrogen) atoms. The molecule has 2 rings (SSSR count). The van der Waals surface area contributed by atoms with Crippen LogP contribution in [0.4, 0.5) is 0 Å². The maximum atomic E-state index is 11.6. The molecule has 0 radical (unpaired) electrons. The van der Waals surface area contributed by atoms with Crippen LogP contribution in [0.25, 0.3) is 0 Å². The summed E-state index contributed by atoms with van der Waals surface area (Å²) in [6, 6.07) is 0. The van der Waals surface area contributed by atoms with E-state index >= 15 is 0 Å². The Morgan fingerprint density at radius 1 is 1.37 bits per heavy atom. The van der Waals surface area contributed by atoms with E-state index in [-0.39, 0.29) is 11.2 Å².